The van der Waals surface area contributed by atoms with E-state index in [9.17, 15) is 14.4 Å². The summed E-state index contributed by atoms with van der Waals surface area (Å²) < 4.78 is 4.71. The topological polar surface area (TPSA) is 145 Å². The van der Waals surface area contributed by atoms with E-state index >= 15 is 0 Å². The summed E-state index contributed by atoms with van der Waals surface area (Å²) in [6.07, 6.45) is -1.71. The molecule has 1 saturated heterocycles. The highest BCUT2D eigenvalue weighted by atomic mass is 16.6. The zero-order valence-corrected chi connectivity index (χ0v) is 9.12. The molecule has 0 bridgehead atoms. The number of epoxide rings is 1. The van der Waals surface area contributed by atoms with Crippen LogP contribution in [0.1, 0.15) is 19.8 Å². The van der Waals surface area contributed by atoms with Crippen LogP contribution in [0.25, 0.3) is 0 Å². The van der Waals surface area contributed by atoms with Crippen molar-refractivity contribution in [3.8, 4) is 0 Å². The average molecular weight is 250 g/mol. The van der Waals surface area contributed by atoms with Crippen LogP contribution >= 0.6 is 0 Å². The molecule has 1 heterocycles. The molecule has 1 aliphatic rings. The Morgan fingerprint density at radius 1 is 1.18 bits per heavy atom. The van der Waals surface area contributed by atoms with Crippen molar-refractivity contribution in [3.05, 3.63) is 0 Å². The second-order valence-corrected chi connectivity index (χ2v) is 3.62. The van der Waals surface area contributed by atoms with Crippen LogP contribution in [0, 0.1) is 0 Å². The summed E-state index contributed by atoms with van der Waals surface area (Å²) in [7, 11) is 0. The van der Waals surface area contributed by atoms with E-state index in [1.54, 1.807) is 0 Å². The zero-order chi connectivity index (χ0) is 13.6. The first-order chi connectivity index (χ1) is 7.67. The number of hydrogen-bond donors (Lipinski definition) is 4. The summed E-state index contributed by atoms with van der Waals surface area (Å²) in [5.41, 5.74) is -2.74. The van der Waals surface area contributed by atoms with Gasteiger partial charge < -0.3 is 25.2 Å². The molecular formula is C9H14O8. The molecule has 0 aromatic rings. The van der Waals surface area contributed by atoms with Crippen molar-refractivity contribution >= 4 is 17.9 Å². The largest absolute Gasteiger partial charge is 0.481 e. The van der Waals surface area contributed by atoms with Gasteiger partial charge in [-0.15, -0.1) is 0 Å². The Morgan fingerprint density at radius 2 is 1.47 bits per heavy atom. The lowest BCUT2D eigenvalue weighted by molar-refractivity contribution is -0.170. The van der Waals surface area contributed by atoms with Crippen LogP contribution < -0.4 is 0 Å². The smallest absolute Gasteiger partial charge is 0.336 e. The van der Waals surface area contributed by atoms with Gasteiger partial charge in [-0.3, -0.25) is 9.59 Å². The lowest BCUT2D eigenvalue weighted by Crippen LogP contribution is -2.42. The number of carboxylic acids is 3. The van der Waals surface area contributed by atoms with Crippen LogP contribution in [0.5, 0.6) is 0 Å². The van der Waals surface area contributed by atoms with E-state index in [1.807, 2.05) is 0 Å². The molecule has 0 saturated carbocycles. The van der Waals surface area contributed by atoms with Gasteiger partial charge in [0.05, 0.1) is 25.6 Å². The van der Waals surface area contributed by atoms with Crippen LogP contribution in [0.3, 0.4) is 0 Å². The van der Waals surface area contributed by atoms with Crippen molar-refractivity contribution in [1.82, 2.24) is 0 Å². The molecule has 17 heavy (non-hydrogen) atoms. The van der Waals surface area contributed by atoms with Crippen LogP contribution in [0.15, 0.2) is 0 Å². The van der Waals surface area contributed by atoms with Crippen molar-refractivity contribution in [3.63, 3.8) is 0 Å². The molecule has 8 heteroatoms. The number of hydrogen-bond acceptors (Lipinski definition) is 5. The van der Waals surface area contributed by atoms with Gasteiger partial charge in [-0.2, -0.15) is 0 Å². The summed E-state index contributed by atoms with van der Waals surface area (Å²) in [5, 5.41) is 33.8. The molecule has 4 N–H and O–H groups in total. The van der Waals surface area contributed by atoms with Gasteiger partial charge >= 0.3 is 17.9 Å². The second-order valence-electron chi connectivity index (χ2n) is 3.62. The summed E-state index contributed by atoms with van der Waals surface area (Å²) in [6.45, 7) is 3.04. The first kappa shape index (κ1) is 15.3. The molecule has 1 rings (SSSR count). The highest BCUT2D eigenvalue weighted by molar-refractivity contribution is 5.88. The maximum Gasteiger partial charge on any atom is 0.336 e. The lowest BCUT2D eigenvalue weighted by atomic mass is 9.96. The molecule has 1 atom stereocenters. The zero-order valence-electron chi connectivity index (χ0n) is 9.12. The number of carbonyl (C=O) groups is 3. The molecule has 1 unspecified atom stereocenters. The van der Waals surface area contributed by atoms with Gasteiger partial charge in [0, 0.05) is 0 Å². The van der Waals surface area contributed by atoms with E-state index in [1.165, 1.54) is 0 Å². The predicted molar refractivity (Wildman–Crippen MR) is 52.5 cm³/mol. The normalized spacial score (nSPS) is 17.6. The lowest BCUT2D eigenvalue weighted by Gasteiger charge is -2.18. The Kier molecular flexibility index (Phi) is 5.56. The van der Waals surface area contributed by atoms with Gasteiger partial charge in [-0.05, 0) is 6.92 Å². The number of ether oxygens (including phenoxy) is 1. The minimum atomic E-state index is -2.74. The van der Waals surface area contributed by atoms with Crippen molar-refractivity contribution in [2.45, 2.75) is 31.5 Å². The van der Waals surface area contributed by atoms with Gasteiger partial charge in [0.25, 0.3) is 0 Å². The number of aliphatic hydroxyl groups is 1. The number of carboxylic acid groups (broad SMARTS) is 3. The third kappa shape index (κ3) is 7.25. The molecule has 0 amide bonds. The highest BCUT2D eigenvalue weighted by Crippen LogP contribution is 2.15. The van der Waals surface area contributed by atoms with Gasteiger partial charge in [-0.1, -0.05) is 0 Å². The fraction of sp³-hybridized carbons (Fsp3) is 0.667. The Labute approximate surface area is 96.4 Å². The Hall–Kier alpha value is -1.67. The molecule has 1 fully saturated rings. The Balaban J connectivity index is 0.000000529. The maximum absolute atomic E-state index is 10.3. The average Bonchev–Trinajstić information content (AvgIpc) is 2.85. The highest BCUT2D eigenvalue weighted by Gasteiger charge is 2.40. The van der Waals surface area contributed by atoms with E-state index in [0.717, 1.165) is 6.61 Å². The van der Waals surface area contributed by atoms with E-state index in [2.05, 4.69) is 6.92 Å². The first-order valence-electron chi connectivity index (χ1n) is 4.68. The van der Waals surface area contributed by atoms with E-state index in [4.69, 9.17) is 25.2 Å². The predicted octanol–water partition coefficient (Wildman–Crippen LogP) is -0.843. The molecule has 1 aliphatic heterocycles. The van der Waals surface area contributed by atoms with Crippen LogP contribution in [0.2, 0.25) is 0 Å². The molecule has 98 valence electrons. The SMILES string of the molecule is CC1CO1.O=C(O)CC(O)(CC(=O)O)C(=O)O. The van der Waals surface area contributed by atoms with Crippen molar-refractivity contribution in [1.29, 1.82) is 0 Å². The standard InChI is InChI=1S/C6H8O7.C3H6O/c7-3(8)1-6(13,5(11)12)2-4(9)10;1-3-2-4-3/h13H,1-2H2,(H,7,8)(H,9,10)(H,11,12);3H,2H2,1H3. The second kappa shape index (κ2) is 6.16. The number of rotatable bonds is 5. The van der Waals surface area contributed by atoms with Crippen molar-refractivity contribution < 1.29 is 39.5 Å². The molecule has 0 aliphatic carbocycles. The minimum Gasteiger partial charge on any atom is -0.481 e. The molecule has 0 spiro atoms. The van der Waals surface area contributed by atoms with Crippen molar-refractivity contribution in [2.24, 2.45) is 0 Å². The van der Waals surface area contributed by atoms with Crippen LogP contribution in [0.4, 0.5) is 0 Å². The van der Waals surface area contributed by atoms with E-state index in [0.29, 0.717) is 6.10 Å². The molecular weight excluding hydrogens is 236 g/mol. The summed E-state index contributed by atoms with van der Waals surface area (Å²) >= 11 is 0. The van der Waals surface area contributed by atoms with Gasteiger partial charge in [0.1, 0.15) is 0 Å². The number of aliphatic carboxylic acids is 3. The third-order valence-corrected chi connectivity index (χ3v) is 1.79. The van der Waals surface area contributed by atoms with Crippen LogP contribution in [-0.2, 0) is 19.1 Å². The molecule has 8 nitrogen and oxygen atoms in total. The fourth-order valence-corrected chi connectivity index (χ4v) is 0.810. The molecule has 0 aromatic carbocycles. The monoisotopic (exact) mass is 250 g/mol. The van der Waals surface area contributed by atoms with E-state index in [-0.39, 0.29) is 0 Å². The maximum atomic E-state index is 10.3. The first-order valence-corrected chi connectivity index (χ1v) is 4.68. The minimum absolute atomic E-state index is 0.583. The molecule has 0 radical (unpaired) electrons. The molecule has 0 aromatic heterocycles. The van der Waals surface area contributed by atoms with Gasteiger partial charge in [0.15, 0.2) is 5.60 Å². The van der Waals surface area contributed by atoms with E-state index < -0.39 is 36.4 Å². The Morgan fingerprint density at radius 3 is 1.59 bits per heavy atom. The van der Waals surface area contributed by atoms with Crippen LogP contribution in [-0.4, -0.2) is 56.6 Å². The fourth-order valence-electron chi connectivity index (χ4n) is 0.810. The third-order valence-electron chi connectivity index (χ3n) is 1.79. The van der Waals surface area contributed by atoms with Gasteiger partial charge in [0.2, 0.25) is 0 Å². The van der Waals surface area contributed by atoms with Crippen molar-refractivity contribution in [2.75, 3.05) is 6.61 Å². The summed E-state index contributed by atoms with van der Waals surface area (Å²) in [6, 6.07) is 0. The summed E-state index contributed by atoms with van der Waals surface area (Å²) in [4.78, 5) is 30.5. The Bertz CT molecular complexity index is 290. The van der Waals surface area contributed by atoms with Gasteiger partial charge in [-0.25, -0.2) is 4.79 Å². The quantitative estimate of drug-likeness (QED) is 0.462. The summed E-state index contributed by atoms with van der Waals surface area (Å²) in [5.74, 6) is -5.02.